The van der Waals surface area contributed by atoms with Crippen LogP contribution in [0.25, 0.3) is 0 Å². The van der Waals surface area contributed by atoms with Crippen LogP contribution in [0.15, 0.2) is 37.5 Å². The van der Waals surface area contributed by atoms with Gasteiger partial charge < -0.3 is 9.94 Å². The average Bonchev–Trinajstić information content (AvgIpc) is 2.17. The van der Waals surface area contributed by atoms with Crippen molar-refractivity contribution >= 4 is 11.9 Å². The summed E-state index contributed by atoms with van der Waals surface area (Å²) in [6, 6.07) is 0. The van der Waals surface area contributed by atoms with Gasteiger partial charge in [-0.15, -0.1) is 18.2 Å². The summed E-state index contributed by atoms with van der Waals surface area (Å²) >= 11 is 0. The monoisotopic (exact) mass is 211 g/mol. The third kappa shape index (κ3) is 4.78. The smallest absolute Gasteiger partial charge is 0.363 e. The molecule has 5 heteroatoms. The molecule has 0 unspecified atom stereocenters. The molecule has 0 rings (SSSR count). The van der Waals surface area contributed by atoms with Gasteiger partial charge in [-0.1, -0.05) is 18.7 Å². The number of hydrogen-bond donors (Lipinski definition) is 1. The van der Waals surface area contributed by atoms with Crippen LogP contribution in [0.1, 0.15) is 0 Å². The maximum atomic E-state index is 11.1. The van der Waals surface area contributed by atoms with Gasteiger partial charge in [0.15, 0.2) is 0 Å². The number of carboxylic acids is 1. The van der Waals surface area contributed by atoms with E-state index >= 15 is 0 Å². The molecule has 0 aromatic rings. The predicted octanol–water partition coefficient (Wildman–Crippen LogP) is 0.759. The van der Waals surface area contributed by atoms with Gasteiger partial charge in [0.05, 0.1) is 13.1 Å². The van der Waals surface area contributed by atoms with Crippen molar-refractivity contribution in [2.45, 2.75) is 0 Å². The zero-order valence-electron chi connectivity index (χ0n) is 8.31. The van der Waals surface area contributed by atoms with Crippen LogP contribution in [0.4, 0.5) is 0 Å². The van der Waals surface area contributed by atoms with E-state index in [2.05, 4.69) is 19.7 Å². The first-order chi connectivity index (χ1) is 7.02. The summed E-state index contributed by atoms with van der Waals surface area (Å²) in [7, 11) is 0. The summed E-state index contributed by atoms with van der Waals surface area (Å²) in [6.07, 6.45) is 3.03. The van der Waals surface area contributed by atoms with Gasteiger partial charge in [0.2, 0.25) is 0 Å². The van der Waals surface area contributed by atoms with Gasteiger partial charge in [-0.3, -0.25) is 0 Å². The van der Waals surface area contributed by atoms with Gasteiger partial charge in [0.1, 0.15) is 5.57 Å². The van der Waals surface area contributed by atoms with Crippen molar-refractivity contribution < 1.29 is 19.5 Å². The Morgan fingerprint density at radius 3 is 2.07 bits per heavy atom. The molecule has 0 aliphatic carbocycles. The van der Waals surface area contributed by atoms with Crippen LogP contribution in [0.3, 0.4) is 0 Å². The molecule has 0 fully saturated rings. The van der Waals surface area contributed by atoms with Crippen LogP contribution < -0.4 is 0 Å². The molecule has 82 valence electrons. The van der Waals surface area contributed by atoms with Gasteiger partial charge in [-0.05, 0) is 0 Å². The van der Waals surface area contributed by atoms with Crippen molar-refractivity contribution in [1.29, 1.82) is 0 Å². The van der Waals surface area contributed by atoms with Crippen molar-refractivity contribution in [3.8, 4) is 0 Å². The number of nitrogens with zero attached hydrogens (tertiary/aromatic N) is 1. The molecule has 0 aromatic heterocycles. The summed E-state index contributed by atoms with van der Waals surface area (Å²) in [5, 5.41) is 9.68. The van der Waals surface area contributed by atoms with Gasteiger partial charge in [0, 0.05) is 0 Å². The fourth-order valence-electron chi connectivity index (χ4n) is 0.697. The molecule has 0 heterocycles. The lowest BCUT2D eigenvalue weighted by Crippen LogP contribution is -2.29. The van der Waals surface area contributed by atoms with Crippen molar-refractivity contribution in [2.75, 3.05) is 13.1 Å². The highest BCUT2D eigenvalue weighted by atomic mass is 16.7. The lowest BCUT2D eigenvalue weighted by molar-refractivity contribution is -0.181. The normalized spacial score (nSPS) is 9.40. The molecule has 0 atom stereocenters. The minimum absolute atomic E-state index is 0.282. The largest absolute Gasteiger partial charge is 0.477 e. The van der Waals surface area contributed by atoms with Crippen LogP contribution in [0, 0.1) is 0 Å². The maximum absolute atomic E-state index is 11.1. The van der Waals surface area contributed by atoms with E-state index in [9.17, 15) is 9.59 Å². The Balaban J connectivity index is 4.33. The zero-order chi connectivity index (χ0) is 11.8. The van der Waals surface area contributed by atoms with E-state index in [1.807, 2.05) is 0 Å². The molecule has 0 bridgehead atoms. The van der Waals surface area contributed by atoms with Gasteiger partial charge in [0.25, 0.3) is 0 Å². The molecule has 0 amide bonds. The van der Waals surface area contributed by atoms with E-state index < -0.39 is 17.5 Å². The van der Waals surface area contributed by atoms with Crippen LogP contribution >= 0.6 is 0 Å². The first-order valence-corrected chi connectivity index (χ1v) is 4.14. The number of hydroxylamine groups is 2. The number of rotatable bonds is 7. The summed E-state index contributed by atoms with van der Waals surface area (Å²) in [5.41, 5.74) is -0.617. The molecule has 0 aliphatic heterocycles. The Labute approximate surface area is 87.9 Å². The molecule has 0 aliphatic rings. The number of carbonyl (C=O) groups excluding carboxylic acids is 1. The standard InChI is InChI=1S/C10H13NO4/c1-4-6-11(7-5-2)15-10(14)8(3)9(12)13/h4-5H,1-3,6-7H2,(H,12,13). The fraction of sp³-hybridized carbons (Fsp3) is 0.200. The Bertz CT molecular complexity index is 286. The number of aliphatic carboxylic acids is 1. The molecule has 0 saturated heterocycles. The number of carboxylic acid groups (broad SMARTS) is 1. The van der Waals surface area contributed by atoms with Crippen molar-refractivity contribution in [2.24, 2.45) is 0 Å². The minimum Gasteiger partial charge on any atom is -0.477 e. The van der Waals surface area contributed by atoms with E-state index in [1.54, 1.807) is 0 Å². The second-order valence-electron chi connectivity index (χ2n) is 2.59. The van der Waals surface area contributed by atoms with Gasteiger partial charge in [-0.25, -0.2) is 9.59 Å². The van der Waals surface area contributed by atoms with E-state index in [-0.39, 0.29) is 13.1 Å². The van der Waals surface area contributed by atoms with Crippen molar-refractivity contribution in [3.05, 3.63) is 37.5 Å². The highest BCUT2D eigenvalue weighted by molar-refractivity contribution is 6.12. The highest BCUT2D eigenvalue weighted by Crippen LogP contribution is 1.99. The molecule has 15 heavy (non-hydrogen) atoms. The first-order valence-electron chi connectivity index (χ1n) is 4.14. The molecule has 0 spiro atoms. The number of hydrogen-bond acceptors (Lipinski definition) is 4. The minimum atomic E-state index is -1.41. The Hall–Kier alpha value is -1.88. The van der Waals surface area contributed by atoms with Crippen LogP contribution in [-0.2, 0) is 14.4 Å². The van der Waals surface area contributed by atoms with Crippen LogP contribution in [0.2, 0.25) is 0 Å². The Morgan fingerprint density at radius 2 is 1.73 bits per heavy atom. The predicted molar refractivity (Wildman–Crippen MR) is 54.8 cm³/mol. The fourth-order valence-corrected chi connectivity index (χ4v) is 0.697. The second kappa shape index (κ2) is 6.56. The molecular formula is C10H13NO4. The van der Waals surface area contributed by atoms with Gasteiger partial charge in [-0.2, -0.15) is 0 Å². The third-order valence-corrected chi connectivity index (χ3v) is 1.38. The highest BCUT2D eigenvalue weighted by Gasteiger charge is 2.18. The lowest BCUT2D eigenvalue weighted by atomic mass is 10.3. The first kappa shape index (κ1) is 13.1. The van der Waals surface area contributed by atoms with Crippen LogP contribution in [-0.4, -0.2) is 35.2 Å². The van der Waals surface area contributed by atoms with E-state index in [0.717, 1.165) is 0 Å². The molecule has 0 aromatic carbocycles. The molecule has 1 N–H and O–H groups in total. The van der Waals surface area contributed by atoms with Crippen molar-refractivity contribution in [3.63, 3.8) is 0 Å². The van der Waals surface area contributed by atoms with Crippen LogP contribution in [0.5, 0.6) is 0 Å². The van der Waals surface area contributed by atoms with Crippen molar-refractivity contribution in [1.82, 2.24) is 5.06 Å². The quantitative estimate of drug-likeness (QED) is 0.221. The number of carbonyl (C=O) groups is 2. The summed E-state index contributed by atoms with van der Waals surface area (Å²) in [5.74, 6) is -2.40. The third-order valence-electron chi connectivity index (χ3n) is 1.38. The lowest BCUT2D eigenvalue weighted by Gasteiger charge is -2.17. The summed E-state index contributed by atoms with van der Waals surface area (Å²) in [4.78, 5) is 26.2. The molecule has 0 saturated carbocycles. The topological polar surface area (TPSA) is 66.8 Å². The Morgan fingerprint density at radius 1 is 1.27 bits per heavy atom. The molecule has 5 nitrogen and oxygen atoms in total. The SMILES string of the molecule is C=CCN(CC=C)OC(=O)C(=C)C(=O)O. The van der Waals surface area contributed by atoms with Gasteiger partial charge >= 0.3 is 11.9 Å². The molecule has 0 radical (unpaired) electrons. The zero-order valence-corrected chi connectivity index (χ0v) is 8.31. The summed E-state index contributed by atoms with van der Waals surface area (Å²) < 4.78 is 0. The Kier molecular flexibility index (Phi) is 5.73. The maximum Gasteiger partial charge on any atom is 0.363 e. The molecular weight excluding hydrogens is 198 g/mol. The average molecular weight is 211 g/mol. The van der Waals surface area contributed by atoms with E-state index in [1.165, 1.54) is 17.2 Å². The van der Waals surface area contributed by atoms with E-state index in [4.69, 9.17) is 9.94 Å². The second-order valence-corrected chi connectivity index (χ2v) is 2.59. The summed E-state index contributed by atoms with van der Waals surface area (Å²) in [6.45, 7) is 10.6. The van der Waals surface area contributed by atoms with E-state index in [0.29, 0.717) is 0 Å².